The summed E-state index contributed by atoms with van der Waals surface area (Å²) < 4.78 is 26.0. The zero-order valence-electron chi connectivity index (χ0n) is 11.7. The van der Waals surface area contributed by atoms with E-state index in [2.05, 4.69) is 22.3 Å². The molecule has 108 valence electrons. The van der Waals surface area contributed by atoms with Crippen molar-refractivity contribution in [3.8, 4) is 0 Å². The normalized spacial score (nSPS) is 11.9. The fraction of sp³-hybridized carbons (Fsp3) is 0.357. The number of hydrogen-bond donors (Lipinski definition) is 1. The number of rotatable bonds is 6. The van der Waals surface area contributed by atoms with E-state index >= 15 is 0 Å². The van der Waals surface area contributed by atoms with Crippen LogP contribution in [-0.4, -0.2) is 36.5 Å². The quantitative estimate of drug-likeness (QED) is 0.885. The number of aromatic amines is 1. The predicted molar refractivity (Wildman–Crippen MR) is 77.9 cm³/mol. The van der Waals surface area contributed by atoms with Gasteiger partial charge in [-0.2, -0.15) is 5.10 Å². The number of H-pyrrole nitrogens is 1. The topological polar surface area (TPSA) is 66.1 Å². The van der Waals surface area contributed by atoms with Crippen LogP contribution in [0.15, 0.2) is 41.4 Å². The van der Waals surface area contributed by atoms with E-state index < -0.39 is 10.0 Å². The summed E-state index contributed by atoms with van der Waals surface area (Å²) in [7, 11) is -1.84. The Morgan fingerprint density at radius 3 is 2.55 bits per heavy atom. The molecule has 0 aliphatic rings. The predicted octanol–water partition coefficient (Wildman–Crippen LogP) is 1.97. The lowest BCUT2D eigenvalue weighted by atomic mass is 10.1. The fourth-order valence-corrected chi connectivity index (χ4v) is 3.36. The molecule has 1 aromatic heterocycles. The number of aromatic nitrogens is 2. The summed E-state index contributed by atoms with van der Waals surface area (Å²) in [6.45, 7) is 2.19. The van der Waals surface area contributed by atoms with Gasteiger partial charge in [0.2, 0.25) is 10.0 Å². The highest BCUT2D eigenvalue weighted by Crippen LogP contribution is 2.16. The zero-order valence-corrected chi connectivity index (χ0v) is 12.5. The highest BCUT2D eigenvalue weighted by molar-refractivity contribution is 7.89. The van der Waals surface area contributed by atoms with Gasteiger partial charge in [0, 0.05) is 13.6 Å². The third-order valence-electron chi connectivity index (χ3n) is 3.25. The minimum absolute atomic E-state index is 0.250. The summed E-state index contributed by atoms with van der Waals surface area (Å²) in [5, 5.41) is 6.42. The van der Waals surface area contributed by atoms with Crippen molar-refractivity contribution in [1.29, 1.82) is 0 Å². The van der Waals surface area contributed by atoms with E-state index in [1.165, 1.54) is 16.1 Å². The van der Waals surface area contributed by atoms with Crippen LogP contribution in [0.4, 0.5) is 0 Å². The summed E-state index contributed by atoms with van der Waals surface area (Å²) in [5.74, 6) is 0. The molecule has 0 spiro atoms. The van der Waals surface area contributed by atoms with Crippen LogP contribution in [0.1, 0.15) is 17.7 Å². The highest BCUT2D eigenvalue weighted by atomic mass is 32.2. The average Bonchev–Trinajstić information content (AvgIpc) is 2.87. The number of sulfonamides is 1. The van der Waals surface area contributed by atoms with Gasteiger partial charge in [-0.15, -0.1) is 0 Å². The summed E-state index contributed by atoms with van der Waals surface area (Å²) >= 11 is 0. The van der Waals surface area contributed by atoms with Gasteiger partial charge < -0.3 is 0 Å². The first kappa shape index (κ1) is 14.7. The highest BCUT2D eigenvalue weighted by Gasteiger charge is 2.23. The van der Waals surface area contributed by atoms with Crippen LogP contribution < -0.4 is 0 Å². The van der Waals surface area contributed by atoms with Crippen LogP contribution in [0.2, 0.25) is 0 Å². The van der Waals surface area contributed by atoms with Crippen LogP contribution in [0.5, 0.6) is 0 Å². The molecule has 0 saturated carbocycles. The Balaban J connectivity index is 1.95. The van der Waals surface area contributed by atoms with Gasteiger partial charge in [-0.05, 0) is 25.3 Å². The van der Waals surface area contributed by atoms with Gasteiger partial charge in [-0.25, -0.2) is 12.7 Å². The van der Waals surface area contributed by atoms with Crippen LogP contribution in [0, 0.1) is 6.92 Å². The Kier molecular flexibility index (Phi) is 4.57. The summed E-state index contributed by atoms with van der Waals surface area (Å²) in [5.41, 5.74) is 1.79. The number of aryl methyl sites for hydroxylation is 2. The lowest BCUT2D eigenvalue weighted by molar-refractivity contribution is 0.461. The first-order chi connectivity index (χ1) is 9.51. The second-order valence-electron chi connectivity index (χ2n) is 4.77. The standard InChI is InChI=1S/C14H19N3O2S/c1-12-14(11-15-16-12)20(18,19)17(2)10-6-9-13-7-4-3-5-8-13/h3-5,7-8,11H,6,9-10H2,1-2H3,(H,15,16). The first-order valence-electron chi connectivity index (χ1n) is 6.52. The van der Waals surface area contributed by atoms with Crippen LogP contribution in [0.3, 0.4) is 0 Å². The molecule has 0 amide bonds. The molecule has 0 unspecified atom stereocenters. The Morgan fingerprint density at radius 1 is 1.25 bits per heavy atom. The van der Waals surface area contributed by atoms with Crippen LogP contribution in [0.25, 0.3) is 0 Å². The summed E-state index contributed by atoms with van der Waals surface area (Å²) in [4.78, 5) is 0.250. The van der Waals surface area contributed by atoms with Crippen molar-refractivity contribution in [3.63, 3.8) is 0 Å². The average molecular weight is 293 g/mol. The molecule has 0 aliphatic heterocycles. The molecule has 0 aliphatic carbocycles. The largest absolute Gasteiger partial charge is 0.281 e. The van der Waals surface area contributed by atoms with Gasteiger partial charge in [-0.1, -0.05) is 30.3 Å². The van der Waals surface area contributed by atoms with Crippen molar-refractivity contribution >= 4 is 10.0 Å². The van der Waals surface area contributed by atoms with Crippen molar-refractivity contribution in [2.24, 2.45) is 0 Å². The number of hydrogen-bond acceptors (Lipinski definition) is 3. The van der Waals surface area contributed by atoms with E-state index in [0.29, 0.717) is 12.2 Å². The Hall–Kier alpha value is -1.66. The maximum Gasteiger partial charge on any atom is 0.246 e. The Morgan fingerprint density at radius 2 is 1.95 bits per heavy atom. The minimum Gasteiger partial charge on any atom is -0.281 e. The van der Waals surface area contributed by atoms with Crippen molar-refractivity contribution in [2.45, 2.75) is 24.7 Å². The molecule has 1 heterocycles. The lowest BCUT2D eigenvalue weighted by Gasteiger charge is -2.16. The summed E-state index contributed by atoms with van der Waals surface area (Å²) in [6, 6.07) is 10.1. The van der Waals surface area contributed by atoms with E-state index in [1.54, 1.807) is 14.0 Å². The molecule has 0 bridgehead atoms. The molecular weight excluding hydrogens is 274 g/mol. The molecule has 0 saturated heterocycles. The van der Waals surface area contributed by atoms with Crippen LogP contribution in [-0.2, 0) is 16.4 Å². The van der Waals surface area contributed by atoms with Crippen LogP contribution >= 0.6 is 0 Å². The molecule has 1 aromatic carbocycles. The van der Waals surface area contributed by atoms with Gasteiger partial charge in [0.25, 0.3) is 0 Å². The summed E-state index contributed by atoms with van der Waals surface area (Å²) in [6.07, 6.45) is 3.01. The molecule has 20 heavy (non-hydrogen) atoms. The molecule has 2 rings (SSSR count). The van der Waals surface area contributed by atoms with Crippen molar-refractivity contribution < 1.29 is 8.42 Å². The minimum atomic E-state index is -3.44. The third kappa shape index (κ3) is 3.26. The monoisotopic (exact) mass is 293 g/mol. The second-order valence-corrected chi connectivity index (χ2v) is 6.79. The van der Waals surface area contributed by atoms with E-state index in [4.69, 9.17) is 0 Å². The number of nitrogens with one attached hydrogen (secondary N) is 1. The maximum absolute atomic E-state index is 12.3. The SMILES string of the molecule is Cc1[nH]ncc1S(=O)(=O)N(C)CCCc1ccccc1. The first-order valence-corrected chi connectivity index (χ1v) is 7.96. The maximum atomic E-state index is 12.3. The van der Waals surface area contributed by atoms with Gasteiger partial charge in [0.1, 0.15) is 4.90 Å². The molecule has 0 atom stereocenters. The van der Waals surface area contributed by atoms with E-state index in [0.717, 1.165) is 12.8 Å². The van der Waals surface area contributed by atoms with Gasteiger partial charge in [0.15, 0.2) is 0 Å². The third-order valence-corrected chi connectivity index (χ3v) is 5.22. The zero-order chi connectivity index (χ0) is 14.6. The number of benzene rings is 1. The molecule has 6 heteroatoms. The second kappa shape index (κ2) is 6.19. The van der Waals surface area contributed by atoms with Gasteiger partial charge in [0.05, 0.1) is 11.9 Å². The van der Waals surface area contributed by atoms with E-state index in [-0.39, 0.29) is 4.90 Å². The van der Waals surface area contributed by atoms with Crippen molar-refractivity contribution in [2.75, 3.05) is 13.6 Å². The number of nitrogens with zero attached hydrogens (tertiary/aromatic N) is 2. The van der Waals surface area contributed by atoms with E-state index in [1.807, 2.05) is 18.2 Å². The molecular formula is C14H19N3O2S. The molecule has 1 N–H and O–H groups in total. The van der Waals surface area contributed by atoms with Gasteiger partial charge >= 0.3 is 0 Å². The molecule has 2 aromatic rings. The molecule has 5 nitrogen and oxygen atoms in total. The fourth-order valence-electron chi connectivity index (χ4n) is 2.04. The smallest absolute Gasteiger partial charge is 0.246 e. The Bertz CT molecular complexity index is 650. The Labute approximate surface area is 119 Å². The van der Waals surface area contributed by atoms with Gasteiger partial charge in [-0.3, -0.25) is 5.10 Å². The van der Waals surface area contributed by atoms with Crippen molar-refractivity contribution in [3.05, 3.63) is 47.8 Å². The van der Waals surface area contributed by atoms with E-state index in [9.17, 15) is 8.42 Å². The molecule has 0 radical (unpaired) electrons. The van der Waals surface area contributed by atoms with Crippen molar-refractivity contribution in [1.82, 2.24) is 14.5 Å². The molecule has 0 fully saturated rings. The lowest BCUT2D eigenvalue weighted by Crippen LogP contribution is -2.28.